The molecule has 0 amide bonds. The molecule has 0 radical (unpaired) electrons. The number of nitriles is 1. The molecule has 0 aliphatic carbocycles. The number of rotatable bonds is 4. The second-order valence-electron chi connectivity index (χ2n) is 8.22. The van der Waals surface area contributed by atoms with Gasteiger partial charge in [0.15, 0.2) is 0 Å². The fourth-order valence-electron chi connectivity index (χ4n) is 4.88. The van der Waals surface area contributed by atoms with Gasteiger partial charge in [0.2, 0.25) is 10.0 Å². The van der Waals surface area contributed by atoms with Crippen molar-refractivity contribution < 1.29 is 13.5 Å². The van der Waals surface area contributed by atoms with Gasteiger partial charge in [0.05, 0.1) is 24.5 Å². The second-order valence-corrected chi connectivity index (χ2v) is 10.2. The summed E-state index contributed by atoms with van der Waals surface area (Å²) in [4.78, 5) is 2.27. The summed E-state index contributed by atoms with van der Waals surface area (Å²) in [7, 11) is -3.25. The Kier molecular flexibility index (Phi) is 5.94. The topological polar surface area (TPSA) is 84.6 Å². The van der Waals surface area contributed by atoms with Crippen molar-refractivity contribution >= 4 is 10.0 Å². The van der Waals surface area contributed by atoms with Gasteiger partial charge in [-0.15, -0.1) is 0 Å². The lowest BCUT2D eigenvalue weighted by molar-refractivity contribution is -0.0553. The van der Waals surface area contributed by atoms with Gasteiger partial charge in [-0.25, -0.2) is 12.7 Å². The molecule has 2 aromatic rings. The van der Waals surface area contributed by atoms with Crippen molar-refractivity contribution in [1.82, 2.24) is 9.21 Å². The van der Waals surface area contributed by atoms with Crippen LogP contribution < -0.4 is 0 Å². The standard InChI is InChI=1S/C23H27N3O3S/c1-30(28,29)25-11-2-3-12-26-21(15-25)23(22(26)16-27)19-9-7-18(8-10-19)20-6-4-5-17(13-20)14-24/h4-10,13,21-23,27H,2-3,11-12,15-16H2,1H3/t21-,22+,23-/m1/s1. The molecule has 2 fully saturated rings. The first-order valence-corrected chi connectivity index (χ1v) is 12.2. The van der Waals surface area contributed by atoms with Gasteiger partial charge >= 0.3 is 0 Å². The van der Waals surface area contributed by atoms with E-state index in [0.717, 1.165) is 36.1 Å². The second kappa shape index (κ2) is 8.48. The zero-order chi connectivity index (χ0) is 21.3. The number of aliphatic hydroxyl groups is 1. The van der Waals surface area contributed by atoms with Crippen LogP contribution in [0.25, 0.3) is 11.1 Å². The van der Waals surface area contributed by atoms with Gasteiger partial charge in [0, 0.05) is 31.1 Å². The molecule has 0 spiro atoms. The van der Waals surface area contributed by atoms with E-state index in [1.54, 1.807) is 10.4 Å². The minimum atomic E-state index is -3.25. The van der Waals surface area contributed by atoms with Crippen molar-refractivity contribution in [3.8, 4) is 17.2 Å². The Bertz CT molecular complexity index is 1050. The van der Waals surface area contributed by atoms with Gasteiger partial charge in [0.25, 0.3) is 0 Å². The third-order valence-electron chi connectivity index (χ3n) is 6.42. The van der Waals surface area contributed by atoms with Crippen LogP contribution in [0, 0.1) is 11.3 Å². The summed E-state index contributed by atoms with van der Waals surface area (Å²) in [5.74, 6) is 0.0943. The van der Waals surface area contributed by atoms with Crippen molar-refractivity contribution in [3.63, 3.8) is 0 Å². The summed E-state index contributed by atoms with van der Waals surface area (Å²) in [5.41, 5.74) is 3.76. The molecule has 1 N–H and O–H groups in total. The molecule has 0 saturated carbocycles. The predicted molar refractivity (Wildman–Crippen MR) is 116 cm³/mol. The van der Waals surface area contributed by atoms with Crippen LogP contribution in [-0.2, 0) is 10.0 Å². The molecule has 3 atom stereocenters. The van der Waals surface area contributed by atoms with Crippen molar-refractivity contribution in [3.05, 3.63) is 59.7 Å². The Balaban J connectivity index is 1.60. The number of sulfonamides is 1. The van der Waals surface area contributed by atoms with E-state index in [9.17, 15) is 13.5 Å². The molecule has 6 nitrogen and oxygen atoms in total. The van der Waals surface area contributed by atoms with Crippen LogP contribution in [0.5, 0.6) is 0 Å². The highest BCUT2D eigenvalue weighted by molar-refractivity contribution is 7.88. The van der Waals surface area contributed by atoms with E-state index < -0.39 is 10.0 Å². The zero-order valence-corrected chi connectivity index (χ0v) is 17.9. The smallest absolute Gasteiger partial charge is 0.211 e. The number of benzene rings is 2. The highest BCUT2D eigenvalue weighted by atomic mass is 32.2. The first kappa shape index (κ1) is 21.0. The summed E-state index contributed by atoms with van der Waals surface area (Å²) in [6, 6.07) is 18.0. The SMILES string of the molecule is CS(=O)(=O)N1CCCCN2[C@H](C1)[C@@H](c1ccc(-c3cccc(C#N)c3)cc1)[C@@H]2CO. The van der Waals surface area contributed by atoms with Crippen LogP contribution in [0.3, 0.4) is 0 Å². The van der Waals surface area contributed by atoms with Crippen molar-refractivity contribution in [1.29, 1.82) is 5.26 Å². The van der Waals surface area contributed by atoms with Crippen LogP contribution in [-0.4, -0.2) is 67.3 Å². The van der Waals surface area contributed by atoms with E-state index in [0.29, 0.717) is 18.7 Å². The van der Waals surface area contributed by atoms with E-state index >= 15 is 0 Å². The van der Waals surface area contributed by atoms with E-state index in [2.05, 4.69) is 23.1 Å². The average Bonchev–Trinajstić information content (AvgIpc) is 2.72. The van der Waals surface area contributed by atoms with E-state index in [1.165, 1.54) is 6.26 Å². The fraction of sp³-hybridized carbons (Fsp3) is 0.435. The molecule has 7 heteroatoms. The number of fused-ring (bicyclic) bond motifs is 1. The quantitative estimate of drug-likeness (QED) is 0.813. The minimum Gasteiger partial charge on any atom is -0.395 e. The third kappa shape index (κ3) is 4.01. The Hall–Kier alpha value is -2.24. The molecule has 2 aromatic carbocycles. The molecule has 30 heavy (non-hydrogen) atoms. The van der Waals surface area contributed by atoms with E-state index in [4.69, 9.17) is 5.26 Å². The van der Waals surface area contributed by atoms with Gasteiger partial charge in [-0.2, -0.15) is 5.26 Å². The van der Waals surface area contributed by atoms with Crippen LogP contribution in [0.4, 0.5) is 0 Å². The lowest BCUT2D eigenvalue weighted by Crippen LogP contribution is -2.67. The predicted octanol–water partition coefficient (Wildman–Crippen LogP) is 2.41. The Morgan fingerprint density at radius 1 is 1.10 bits per heavy atom. The molecule has 2 aliphatic rings. The largest absolute Gasteiger partial charge is 0.395 e. The molecule has 2 aliphatic heterocycles. The van der Waals surface area contributed by atoms with Crippen LogP contribution in [0.1, 0.15) is 29.9 Å². The zero-order valence-electron chi connectivity index (χ0n) is 17.1. The number of nitrogens with zero attached hydrogens (tertiary/aromatic N) is 3. The first-order valence-electron chi connectivity index (χ1n) is 10.3. The molecule has 0 unspecified atom stereocenters. The maximum absolute atomic E-state index is 12.2. The van der Waals surface area contributed by atoms with Gasteiger partial charge in [0.1, 0.15) is 0 Å². The van der Waals surface area contributed by atoms with E-state index in [1.807, 2.05) is 30.3 Å². The summed E-state index contributed by atoms with van der Waals surface area (Å²) >= 11 is 0. The molecular weight excluding hydrogens is 398 g/mol. The third-order valence-corrected chi connectivity index (χ3v) is 7.69. The first-order chi connectivity index (χ1) is 14.4. The van der Waals surface area contributed by atoms with Gasteiger partial charge in [-0.1, -0.05) is 36.4 Å². The molecule has 0 bridgehead atoms. The minimum absolute atomic E-state index is 0.0160. The van der Waals surface area contributed by atoms with Crippen LogP contribution in [0.15, 0.2) is 48.5 Å². The number of hydrogen-bond donors (Lipinski definition) is 1. The summed E-state index contributed by atoms with van der Waals surface area (Å²) in [5, 5.41) is 19.2. The molecule has 0 aromatic heterocycles. The normalized spacial score (nSPS) is 25.4. The lowest BCUT2D eigenvalue weighted by Gasteiger charge is -2.57. The van der Waals surface area contributed by atoms with Gasteiger partial charge < -0.3 is 5.11 Å². The summed E-state index contributed by atoms with van der Waals surface area (Å²) in [6.45, 7) is 1.98. The molecule has 158 valence electrons. The maximum atomic E-state index is 12.2. The maximum Gasteiger partial charge on any atom is 0.211 e. The highest BCUT2D eigenvalue weighted by Crippen LogP contribution is 2.42. The van der Waals surface area contributed by atoms with Crippen molar-refractivity contribution in [2.75, 3.05) is 32.5 Å². The monoisotopic (exact) mass is 425 g/mol. The van der Waals surface area contributed by atoms with Crippen LogP contribution >= 0.6 is 0 Å². The van der Waals surface area contributed by atoms with Crippen LogP contribution in [0.2, 0.25) is 0 Å². The van der Waals surface area contributed by atoms with Crippen molar-refractivity contribution in [2.24, 2.45) is 0 Å². The lowest BCUT2D eigenvalue weighted by atomic mass is 9.74. The number of aliphatic hydroxyl groups excluding tert-OH is 1. The fourth-order valence-corrected chi connectivity index (χ4v) is 5.76. The summed E-state index contributed by atoms with van der Waals surface area (Å²) in [6.07, 6.45) is 3.05. The molecule has 2 saturated heterocycles. The Morgan fingerprint density at radius 2 is 1.83 bits per heavy atom. The Labute approximate surface area is 178 Å². The summed E-state index contributed by atoms with van der Waals surface area (Å²) < 4.78 is 26.0. The molecule has 2 heterocycles. The average molecular weight is 426 g/mol. The van der Waals surface area contributed by atoms with Gasteiger partial charge in [-0.3, -0.25) is 4.90 Å². The highest BCUT2D eigenvalue weighted by Gasteiger charge is 2.49. The molecule has 4 rings (SSSR count). The molecular formula is C23H27N3O3S. The Morgan fingerprint density at radius 3 is 2.50 bits per heavy atom. The number of hydrogen-bond acceptors (Lipinski definition) is 5. The van der Waals surface area contributed by atoms with Gasteiger partial charge in [-0.05, 0) is 48.2 Å². The van der Waals surface area contributed by atoms with E-state index in [-0.39, 0.29) is 24.6 Å². The van der Waals surface area contributed by atoms with Crippen molar-refractivity contribution in [2.45, 2.75) is 30.8 Å².